The molecule has 0 saturated carbocycles. The van der Waals surface area contributed by atoms with Crippen molar-refractivity contribution in [2.45, 2.75) is 33.7 Å². The number of amides is 1. The van der Waals surface area contributed by atoms with Crippen LogP contribution >= 0.6 is 11.6 Å². The van der Waals surface area contributed by atoms with Crippen LogP contribution in [0.25, 0.3) is 22.0 Å². The zero-order chi connectivity index (χ0) is 21.7. The lowest BCUT2D eigenvalue weighted by atomic mass is 10.1. The molecule has 1 heterocycles. The summed E-state index contributed by atoms with van der Waals surface area (Å²) in [7, 11) is 0. The lowest BCUT2D eigenvalue weighted by Gasteiger charge is -2.20. The molecule has 0 aliphatic rings. The Morgan fingerprint density at radius 1 is 1.07 bits per heavy atom. The van der Waals surface area contributed by atoms with Gasteiger partial charge in [0, 0.05) is 42.4 Å². The van der Waals surface area contributed by atoms with Crippen LogP contribution in [-0.2, 0) is 16.1 Å². The van der Waals surface area contributed by atoms with Gasteiger partial charge in [-0.1, -0.05) is 48.0 Å². The molecule has 0 bridgehead atoms. The maximum Gasteiger partial charge on any atom is 0.355 e. The first-order chi connectivity index (χ1) is 14.5. The molecule has 1 amide bonds. The number of fused-ring (bicyclic) bond motifs is 1. The number of benzene rings is 2. The van der Waals surface area contributed by atoms with Crippen LogP contribution in [0.2, 0.25) is 5.02 Å². The molecular formula is C24H27ClN2O3. The van der Waals surface area contributed by atoms with Gasteiger partial charge in [0.25, 0.3) is 0 Å². The molecule has 0 aliphatic carbocycles. The van der Waals surface area contributed by atoms with Crippen LogP contribution in [0.15, 0.2) is 48.5 Å². The average molecular weight is 427 g/mol. The fourth-order valence-electron chi connectivity index (χ4n) is 3.83. The normalized spacial score (nSPS) is 10.9. The van der Waals surface area contributed by atoms with Crippen LogP contribution in [0.4, 0.5) is 0 Å². The van der Waals surface area contributed by atoms with Crippen LogP contribution in [0.1, 0.15) is 37.7 Å². The van der Waals surface area contributed by atoms with Crippen LogP contribution < -0.4 is 0 Å². The van der Waals surface area contributed by atoms with Gasteiger partial charge in [-0.25, -0.2) is 4.79 Å². The minimum absolute atomic E-state index is 0.0517. The van der Waals surface area contributed by atoms with Crippen molar-refractivity contribution in [1.82, 2.24) is 9.47 Å². The topological polar surface area (TPSA) is 51.5 Å². The van der Waals surface area contributed by atoms with Gasteiger partial charge < -0.3 is 14.2 Å². The molecule has 3 aromatic rings. The minimum Gasteiger partial charge on any atom is -0.461 e. The predicted molar refractivity (Wildman–Crippen MR) is 121 cm³/mol. The molecule has 5 nitrogen and oxygen atoms in total. The van der Waals surface area contributed by atoms with Crippen molar-refractivity contribution in [2.24, 2.45) is 0 Å². The summed E-state index contributed by atoms with van der Waals surface area (Å²) in [6.45, 7) is 7.50. The molecule has 3 rings (SSSR count). The number of esters is 1. The highest BCUT2D eigenvalue weighted by atomic mass is 35.5. The minimum atomic E-state index is -0.356. The first kappa shape index (κ1) is 21.9. The van der Waals surface area contributed by atoms with E-state index in [0.29, 0.717) is 43.4 Å². The molecule has 0 saturated heterocycles. The molecule has 2 aromatic carbocycles. The lowest BCUT2D eigenvalue weighted by molar-refractivity contribution is -0.128. The monoisotopic (exact) mass is 426 g/mol. The second-order valence-corrected chi connectivity index (χ2v) is 7.51. The van der Waals surface area contributed by atoms with E-state index < -0.39 is 0 Å². The van der Waals surface area contributed by atoms with E-state index >= 15 is 0 Å². The molecule has 6 heteroatoms. The van der Waals surface area contributed by atoms with E-state index in [1.165, 1.54) is 0 Å². The van der Waals surface area contributed by atoms with Crippen molar-refractivity contribution in [1.29, 1.82) is 0 Å². The van der Waals surface area contributed by atoms with Gasteiger partial charge in [0.05, 0.1) is 12.3 Å². The molecule has 0 unspecified atom stereocenters. The number of hydrogen-bond acceptors (Lipinski definition) is 3. The molecule has 30 heavy (non-hydrogen) atoms. The summed E-state index contributed by atoms with van der Waals surface area (Å²) >= 11 is 6.31. The lowest BCUT2D eigenvalue weighted by Crippen LogP contribution is -2.30. The summed E-state index contributed by atoms with van der Waals surface area (Å²) < 4.78 is 7.40. The molecule has 0 N–H and O–H groups in total. The van der Waals surface area contributed by atoms with E-state index in [1.807, 2.05) is 54.0 Å². The fourth-order valence-corrected chi connectivity index (χ4v) is 4.00. The van der Waals surface area contributed by atoms with E-state index in [0.717, 1.165) is 22.0 Å². The number of carbonyl (C=O) groups excluding carboxylic acids is 2. The summed E-state index contributed by atoms with van der Waals surface area (Å²) in [5.41, 5.74) is 2.45. The van der Waals surface area contributed by atoms with Gasteiger partial charge in [-0.2, -0.15) is 0 Å². The average Bonchev–Trinajstić information content (AvgIpc) is 3.04. The molecular weight excluding hydrogens is 400 g/mol. The third-order valence-electron chi connectivity index (χ3n) is 5.18. The Morgan fingerprint density at radius 2 is 1.80 bits per heavy atom. The number of carbonyl (C=O) groups is 2. The highest BCUT2D eigenvalue weighted by molar-refractivity contribution is 6.31. The smallest absolute Gasteiger partial charge is 0.355 e. The van der Waals surface area contributed by atoms with Crippen molar-refractivity contribution in [2.75, 3.05) is 19.7 Å². The van der Waals surface area contributed by atoms with E-state index in [1.54, 1.807) is 24.8 Å². The number of rotatable bonds is 8. The molecule has 0 radical (unpaired) electrons. The number of ether oxygens (including phenoxy) is 1. The van der Waals surface area contributed by atoms with E-state index in [2.05, 4.69) is 0 Å². The van der Waals surface area contributed by atoms with Gasteiger partial charge in [0.2, 0.25) is 5.91 Å². The SMILES string of the molecule is CCOC(=O)c1c2ccc(Cl)cc2c(-c2ccccc2)n1CCCN(CC)C(C)=O. The van der Waals surface area contributed by atoms with Crippen molar-refractivity contribution in [3.63, 3.8) is 0 Å². The van der Waals surface area contributed by atoms with Crippen molar-refractivity contribution in [3.8, 4) is 11.3 Å². The van der Waals surface area contributed by atoms with Gasteiger partial charge in [-0.05, 0) is 38.0 Å². The summed E-state index contributed by atoms with van der Waals surface area (Å²) in [6.07, 6.45) is 0.717. The van der Waals surface area contributed by atoms with Gasteiger partial charge in [-0.15, -0.1) is 0 Å². The summed E-state index contributed by atoms with van der Waals surface area (Å²) in [4.78, 5) is 26.5. The third kappa shape index (κ3) is 4.51. The van der Waals surface area contributed by atoms with E-state index in [4.69, 9.17) is 16.3 Å². The highest BCUT2D eigenvalue weighted by Gasteiger charge is 2.24. The Hall–Kier alpha value is -2.79. The molecule has 0 atom stereocenters. The second-order valence-electron chi connectivity index (χ2n) is 7.08. The summed E-state index contributed by atoms with van der Waals surface area (Å²) in [6, 6.07) is 15.5. The first-order valence-electron chi connectivity index (χ1n) is 10.3. The van der Waals surface area contributed by atoms with Gasteiger partial charge >= 0.3 is 5.97 Å². The molecule has 1 aromatic heterocycles. The Labute approximate surface area is 182 Å². The first-order valence-corrected chi connectivity index (χ1v) is 10.7. The van der Waals surface area contributed by atoms with Gasteiger partial charge in [0.1, 0.15) is 5.69 Å². The zero-order valence-electron chi connectivity index (χ0n) is 17.7. The molecule has 0 spiro atoms. The number of hydrogen-bond donors (Lipinski definition) is 0. The highest BCUT2D eigenvalue weighted by Crippen LogP contribution is 2.36. The Kier molecular flexibility index (Phi) is 7.16. The molecule has 158 valence electrons. The standard InChI is InChI=1S/C24H27ClN2O3/c1-4-26(17(3)28)14-9-15-27-22(18-10-7-6-8-11-18)21-16-19(25)12-13-20(21)23(27)24(29)30-5-2/h6-8,10-13,16H,4-5,9,14-15H2,1-3H3. The maximum atomic E-state index is 12.9. The van der Waals surface area contributed by atoms with E-state index in [9.17, 15) is 9.59 Å². The van der Waals surface area contributed by atoms with Gasteiger partial charge in [0.15, 0.2) is 0 Å². The number of aromatic nitrogens is 1. The maximum absolute atomic E-state index is 12.9. The van der Waals surface area contributed by atoms with Crippen molar-refractivity contribution < 1.29 is 14.3 Å². The molecule has 0 aliphatic heterocycles. The summed E-state index contributed by atoms with van der Waals surface area (Å²) in [5.74, 6) is -0.304. The van der Waals surface area contributed by atoms with Gasteiger partial charge in [-0.3, -0.25) is 4.79 Å². The Bertz CT molecular complexity index is 1040. The van der Waals surface area contributed by atoms with Crippen molar-refractivity contribution in [3.05, 3.63) is 59.2 Å². The molecule has 0 fully saturated rings. The second kappa shape index (κ2) is 9.81. The van der Waals surface area contributed by atoms with Crippen LogP contribution in [0.5, 0.6) is 0 Å². The zero-order valence-corrected chi connectivity index (χ0v) is 18.4. The third-order valence-corrected chi connectivity index (χ3v) is 5.42. The largest absolute Gasteiger partial charge is 0.461 e. The van der Waals surface area contributed by atoms with Crippen LogP contribution in [0.3, 0.4) is 0 Å². The van der Waals surface area contributed by atoms with E-state index in [-0.39, 0.29) is 11.9 Å². The predicted octanol–water partition coefficient (Wildman–Crippen LogP) is 5.40. The fraction of sp³-hybridized carbons (Fsp3) is 0.333. The number of halogens is 1. The van der Waals surface area contributed by atoms with Crippen LogP contribution in [0, 0.1) is 0 Å². The summed E-state index contributed by atoms with van der Waals surface area (Å²) in [5, 5.41) is 2.34. The van der Waals surface area contributed by atoms with Crippen LogP contribution in [-0.4, -0.2) is 41.0 Å². The van der Waals surface area contributed by atoms with Crippen molar-refractivity contribution >= 4 is 34.2 Å². The number of nitrogens with zero attached hydrogens (tertiary/aromatic N) is 2. The Balaban J connectivity index is 2.14. The quantitative estimate of drug-likeness (QED) is 0.453. The Morgan fingerprint density at radius 3 is 2.43 bits per heavy atom.